The third kappa shape index (κ3) is 3.83. The van der Waals surface area contributed by atoms with Gasteiger partial charge in [-0.05, 0) is 80.7 Å². The lowest BCUT2D eigenvalue weighted by atomic mass is 10.1. The molecule has 30 heavy (non-hydrogen) atoms. The van der Waals surface area contributed by atoms with Gasteiger partial charge in [-0.3, -0.25) is 4.99 Å². The number of fused-ring (bicyclic) bond motifs is 1. The third-order valence-electron chi connectivity index (χ3n) is 4.49. The molecular formula is C21H12Br2Cl2N2O3. The number of nitrogens with zero attached hydrogens (tertiary/aromatic N) is 2. The highest BCUT2D eigenvalue weighted by atomic mass is 79.9. The minimum atomic E-state index is -0.0960. The highest BCUT2D eigenvalue weighted by Crippen LogP contribution is 2.43. The van der Waals surface area contributed by atoms with E-state index in [0.29, 0.717) is 53.9 Å². The maximum Gasteiger partial charge on any atom is 0.227 e. The molecule has 1 heterocycles. The Bertz CT molecular complexity index is 1310. The van der Waals surface area contributed by atoms with E-state index in [0.717, 1.165) is 0 Å². The number of aromatic nitrogens is 1. The van der Waals surface area contributed by atoms with Crippen LogP contribution >= 0.6 is 55.1 Å². The first kappa shape index (κ1) is 21.2. The molecule has 2 N–H and O–H groups in total. The van der Waals surface area contributed by atoms with Crippen molar-refractivity contribution in [1.29, 1.82) is 0 Å². The van der Waals surface area contributed by atoms with Gasteiger partial charge in [-0.2, -0.15) is 0 Å². The first-order valence-corrected chi connectivity index (χ1v) is 10.9. The molecule has 0 amide bonds. The molecule has 0 aliphatic carbocycles. The number of halogens is 4. The molecule has 0 spiro atoms. The number of benzene rings is 3. The van der Waals surface area contributed by atoms with Gasteiger partial charge in [0.15, 0.2) is 5.58 Å². The Hall–Kier alpha value is -2.06. The van der Waals surface area contributed by atoms with Gasteiger partial charge in [-0.15, -0.1) is 0 Å². The molecule has 0 radical (unpaired) electrons. The molecule has 0 aliphatic rings. The maximum absolute atomic E-state index is 10.3. The number of oxazole rings is 1. The average Bonchev–Trinajstić information content (AvgIpc) is 3.16. The Morgan fingerprint density at radius 1 is 1.00 bits per heavy atom. The van der Waals surface area contributed by atoms with Crippen LogP contribution < -0.4 is 0 Å². The van der Waals surface area contributed by atoms with Crippen molar-refractivity contribution in [2.24, 2.45) is 4.99 Å². The molecule has 4 aromatic rings. The van der Waals surface area contributed by atoms with Crippen molar-refractivity contribution in [2.45, 2.75) is 6.92 Å². The van der Waals surface area contributed by atoms with Crippen LogP contribution in [0.4, 0.5) is 5.69 Å². The summed E-state index contributed by atoms with van der Waals surface area (Å²) in [6, 6.07) is 10.5. The zero-order chi connectivity index (χ0) is 21.6. The molecule has 0 atom stereocenters. The van der Waals surface area contributed by atoms with Crippen molar-refractivity contribution in [3.05, 3.63) is 66.5 Å². The number of rotatable bonds is 3. The van der Waals surface area contributed by atoms with E-state index in [1.807, 2.05) is 0 Å². The summed E-state index contributed by atoms with van der Waals surface area (Å²) >= 11 is 18.5. The molecule has 5 nitrogen and oxygen atoms in total. The van der Waals surface area contributed by atoms with Gasteiger partial charge in [0.25, 0.3) is 0 Å². The topological polar surface area (TPSA) is 78.9 Å². The second-order valence-electron chi connectivity index (χ2n) is 6.42. The van der Waals surface area contributed by atoms with E-state index in [4.69, 9.17) is 27.6 Å². The maximum atomic E-state index is 10.3. The predicted octanol–water partition coefficient (Wildman–Crippen LogP) is 7.80. The molecule has 3 aromatic carbocycles. The van der Waals surface area contributed by atoms with Gasteiger partial charge >= 0.3 is 0 Å². The number of hydrogen-bond donors (Lipinski definition) is 2. The normalized spacial score (nSPS) is 11.6. The summed E-state index contributed by atoms with van der Waals surface area (Å²) in [4.78, 5) is 8.94. The van der Waals surface area contributed by atoms with Crippen molar-refractivity contribution >= 4 is 78.1 Å². The van der Waals surface area contributed by atoms with Gasteiger partial charge in [0.05, 0.1) is 20.2 Å². The Labute approximate surface area is 198 Å². The van der Waals surface area contributed by atoms with Gasteiger partial charge in [-0.25, -0.2) is 4.98 Å². The van der Waals surface area contributed by atoms with Crippen LogP contribution in [-0.4, -0.2) is 21.4 Å². The van der Waals surface area contributed by atoms with Gasteiger partial charge in [0.1, 0.15) is 21.5 Å². The summed E-state index contributed by atoms with van der Waals surface area (Å²) < 4.78 is 6.48. The van der Waals surface area contributed by atoms with Crippen LogP contribution in [0.3, 0.4) is 0 Å². The monoisotopic (exact) mass is 568 g/mol. The van der Waals surface area contributed by atoms with Gasteiger partial charge < -0.3 is 14.6 Å². The van der Waals surface area contributed by atoms with Gasteiger partial charge in [-0.1, -0.05) is 23.2 Å². The lowest BCUT2D eigenvalue weighted by Gasteiger charge is -2.10. The Kier molecular flexibility index (Phi) is 5.81. The molecule has 0 fully saturated rings. The van der Waals surface area contributed by atoms with Crippen molar-refractivity contribution in [3.8, 4) is 23.0 Å². The molecule has 0 unspecified atom stereocenters. The quantitative estimate of drug-likeness (QED) is 0.246. The molecule has 0 saturated heterocycles. The lowest BCUT2D eigenvalue weighted by Crippen LogP contribution is -1.92. The molecular weight excluding hydrogens is 559 g/mol. The highest BCUT2D eigenvalue weighted by Gasteiger charge is 2.17. The number of aliphatic imine (C=N–C) groups is 1. The Morgan fingerprint density at radius 2 is 1.77 bits per heavy atom. The van der Waals surface area contributed by atoms with Crippen LogP contribution in [0.2, 0.25) is 10.0 Å². The van der Waals surface area contributed by atoms with E-state index >= 15 is 0 Å². The number of hydrogen-bond acceptors (Lipinski definition) is 5. The fraction of sp³-hybridized carbons (Fsp3) is 0.0476. The summed E-state index contributed by atoms with van der Waals surface area (Å²) in [5.74, 6) is 0.256. The van der Waals surface area contributed by atoms with E-state index in [1.54, 1.807) is 43.3 Å². The summed E-state index contributed by atoms with van der Waals surface area (Å²) in [5, 5.41) is 21.2. The number of phenols is 2. The fourth-order valence-corrected chi connectivity index (χ4v) is 4.23. The molecule has 0 aliphatic heterocycles. The number of phenolic OH excluding ortho intramolecular Hbond substituents is 2. The van der Waals surface area contributed by atoms with Crippen molar-refractivity contribution in [3.63, 3.8) is 0 Å². The summed E-state index contributed by atoms with van der Waals surface area (Å²) in [7, 11) is 0. The standard InChI is InChI=1S/C21H12Br2Cl2N2O3/c1-9-12(19(28)18(23)20(29)17(9)22)8-26-11-3-5-16-15(7-11)27-21(30-16)10-2-4-13(24)14(25)6-10/h2-8,28-29H,1H3. The van der Waals surface area contributed by atoms with Crippen LogP contribution in [0.1, 0.15) is 11.1 Å². The second kappa shape index (κ2) is 8.23. The first-order chi connectivity index (χ1) is 14.3. The minimum absolute atomic E-state index is 0.0685. The smallest absolute Gasteiger partial charge is 0.227 e. The zero-order valence-corrected chi connectivity index (χ0v) is 19.9. The molecule has 4 rings (SSSR count). The van der Waals surface area contributed by atoms with Gasteiger partial charge in [0, 0.05) is 17.3 Å². The molecule has 0 saturated carbocycles. The molecule has 1 aromatic heterocycles. The SMILES string of the molecule is Cc1c(Br)c(O)c(Br)c(O)c1C=Nc1ccc2oc(-c3ccc(Cl)c(Cl)c3)nc2c1. The third-order valence-corrected chi connectivity index (χ3v) is 6.95. The largest absolute Gasteiger partial charge is 0.506 e. The lowest BCUT2D eigenvalue weighted by molar-refractivity contribution is 0.441. The average molecular weight is 571 g/mol. The van der Waals surface area contributed by atoms with Crippen LogP contribution in [0.5, 0.6) is 11.5 Å². The fourth-order valence-electron chi connectivity index (χ4n) is 2.85. The van der Waals surface area contributed by atoms with E-state index < -0.39 is 0 Å². The predicted molar refractivity (Wildman–Crippen MR) is 127 cm³/mol. The summed E-state index contributed by atoms with van der Waals surface area (Å²) in [5.41, 5.74) is 3.69. The Balaban J connectivity index is 1.71. The molecule has 0 bridgehead atoms. The second-order valence-corrected chi connectivity index (χ2v) is 8.82. The Morgan fingerprint density at radius 3 is 2.50 bits per heavy atom. The van der Waals surface area contributed by atoms with Crippen LogP contribution in [0.25, 0.3) is 22.6 Å². The van der Waals surface area contributed by atoms with E-state index in [1.165, 1.54) is 6.21 Å². The van der Waals surface area contributed by atoms with E-state index in [-0.39, 0.29) is 16.0 Å². The van der Waals surface area contributed by atoms with Crippen LogP contribution in [0, 0.1) is 6.92 Å². The zero-order valence-electron chi connectivity index (χ0n) is 15.3. The van der Waals surface area contributed by atoms with Crippen molar-refractivity contribution in [2.75, 3.05) is 0 Å². The minimum Gasteiger partial charge on any atom is -0.506 e. The first-order valence-electron chi connectivity index (χ1n) is 8.56. The van der Waals surface area contributed by atoms with Crippen molar-refractivity contribution in [1.82, 2.24) is 4.98 Å². The van der Waals surface area contributed by atoms with E-state index in [9.17, 15) is 10.2 Å². The number of aromatic hydroxyl groups is 2. The molecule has 9 heteroatoms. The van der Waals surface area contributed by atoms with Crippen LogP contribution in [-0.2, 0) is 0 Å². The summed E-state index contributed by atoms with van der Waals surface area (Å²) in [6.07, 6.45) is 1.53. The van der Waals surface area contributed by atoms with Crippen molar-refractivity contribution < 1.29 is 14.6 Å². The van der Waals surface area contributed by atoms with Gasteiger partial charge in [0.2, 0.25) is 5.89 Å². The van der Waals surface area contributed by atoms with E-state index in [2.05, 4.69) is 41.8 Å². The van der Waals surface area contributed by atoms with Crippen LogP contribution in [0.15, 0.2) is 54.8 Å². The molecule has 152 valence electrons. The highest BCUT2D eigenvalue weighted by molar-refractivity contribution is 9.11. The summed E-state index contributed by atoms with van der Waals surface area (Å²) in [6.45, 7) is 1.77.